The van der Waals surface area contributed by atoms with Crippen LogP contribution < -0.4 is 9.47 Å². The second kappa shape index (κ2) is 5.87. The van der Waals surface area contributed by atoms with Crippen LogP contribution in [0.4, 0.5) is 0 Å². The van der Waals surface area contributed by atoms with Crippen molar-refractivity contribution in [1.82, 2.24) is 0 Å². The average Bonchev–Trinajstić information content (AvgIpc) is 2.63. The molecule has 3 nitrogen and oxygen atoms in total. The van der Waals surface area contributed by atoms with Crippen LogP contribution >= 0.6 is 11.8 Å². The molecule has 0 amide bonds. The topological polar surface area (TPSA) is 35.5 Å². The van der Waals surface area contributed by atoms with Crippen LogP contribution in [-0.4, -0.2) is 24.2 Å². The summed E-state index contributed by atoms with van der Waals surface area (Å²) >= 11 is 1.79. The smallest absolute Gasteiger partial charge is 0.162 e. The Morgan fingerprint density at radius 1 is 1.11 bits per heavy atom. The summed E-state index contributed by atoms with van der Waals surface area (Å²) < 4.78 is 11.3. The fraction of sp³-hybridized carbons (Fsp3) is 0.533. The Balaban J connectivity index is 1.71. The Hall–Kier alpha value is -1.16. The van der Waals surface area contributed by atoms with E-state index in [0.29, 0.717) is 24.1 Å². The van der Waals surface area contributed by atoms with E-state index < -0.39 is 0 Å². The lowest BCUT2D eigenvalue weighted by atomic mass is 9.99. The van der Waals surface area contributed by atoms with Crippen molar-refractivity contribution < 1.29 is 14.3 Å². The van der Waals surface area contributed by atoms with Gasteiger partial charge in [-0.3, -0.25) is 4.79 Å². The van der Waals surface area contributed by atoms with E-state index in [1.807, 2.05) is 12.1 Å². The zero-order valence-corrected chi connectivity index (χ0v) is 11.7. The number of Topliss-reactive ketones (excluding diaryl/α,β-unsaturated/α-hetero) is 1. The maximum absolute atomic E-state index is 11.5. The quantitative estimate of drug-likeness (QED) is 0.830. The van der Waals surface area contributed by atoms with E-state index in [1.54, 1.807) is 11.8 Å². The maximum Gasteiger partial charge on any atom is 0.162 e. The molecule has 0 bridgehead atoms. The van der Waals surface area contributed by atoms with Gasteiger partial charge >= 0.3 is 0 Å². The molecule has 1 aliphatic carbocycles. The SMILES string of the molecule is O=C1CCCC(Sc2ccc3c(c2)OCCCO3)C1. The highest BCUT2D eigenvalue weighted by Crippen LogP contribution is 2.38. The van der Waals surface area contributed by atoms with Crippen molar-refractivity contribution in [3.8, 4) is 11.5 Å². The first-order chi connectivity index (χ1) is 9.31. The Labute approximate surface area is 117 Å². The van der Waals surface area contributed by atoms with Crippen LogP contribution in [0.1, 0.15) is 32.1 Å². The highest BCUT2D eigenvalue weighted by Gasteiger charge is 2.21. The van der Waals surface area contributed by atoms with Gasteiger partial charge in [0, 0.05) is 29.4 Å². The highest BCUT2D eigenvalue weighted by molar-refractivity contribution is 8.00. The first kappa shape index (κ1) is 12.9. The monoisotopic (exact) mass is 278 g/mol. The molecule has 4 heteroatoms. The summed E-state index contributed by atoms with van der Waals surface area (Å²) in [6.07, 6.45) is 4.55. The van der Waals surface area contributed by atoms with Gasteiger partial charge in [-0.1, -0.05) is 0 Å². The first-order valence-electron chi connectivity index (χ1n) is 6.89. The summed E-state index contributed by atoms with van der Waals surface area (Å²) in [4.78, 5) is 12.7. The van der Waals surface area contributed by atoms with Gasteiger partial charge < -0.3 is 9.47 Å². The third-order valence-corrected chi connectivity index (χ3v) is 4.72. The van der Waals surface area contributed by atoms with E-state index >= 15 is 0 Å². The van der Waals surface area contributed by atoms with Gasteiger partial charge in [-0.15, -0.1) is 11.8 Å². The molecular formula is C15H18O3S. The summed E-state index contributed by atoms with van der Waals surface area (Å²) in [6.45, 7) is 1.43. The van der Waals surface area contributed by atoms with E-state index in [-0.39, 0.29) is 0 Å². The van der Waals surface area contributed by atoms with E-state index in [2.05, 4.69) is 6.07 Å². The normalized spacial score (nSPS) is 22.9. The highest BCUT2D eigenvalue weighted by atomic mass is 32.2. The molecule has 1 atom stereocenters. The van der Waals surface area contributed by atoms with Gasteiger partial charge in [-0.2, -0.15) is 0 Å². The predicted molar refractivity (Wildman–Crippen MR) is 75.2 cm³/mol. The second-order valence-electron chi connectivity index (χ2n) is 5.03. The Morgan fingerprint density at radius 3 is 2.79 bits per heavy atom. The molecule has 1 heterocycles. The van der Waals surface area contributed by atoms with Crippen molar-refractivity contribution in [2.24, 2.45) is 0 Å². The number of hydrogen-bond acceptors (Lipinski definition) is 4. The van der Waals surface area contributed by atoms with Gasteiger partial charge in [-0.25, -0.2) is 0 Å². The van der Waals surface area contributed by atoms with Crippen LogP contribution in [0.5, 0.6) is 11.5 Å². The van der Waals surface area contributed by atoms with E-state index in [9.17, 15) is 4.79 Å². The van der Waals surface area contributed by atoms with Crippen LogP contribution in [-0.2, 0) is 4.79 Å². The van der Waals surface area contributed by atoms with Gasteiger partial charge in [0.25, 0.3) is 0 Å². The number of carbonyl (C=O) groups is 1. The molecule has 0 spiro atoms. The minimum absolute atomic E-state index is 0.401. The number of benzene rings is 1. The van der Waals surface area contributed by atoms with Gasteiger partial charge in [0.15, 0.2) is 11.5 Å². The number of carbonyl (C=O) groups excluding carboxylic acids is 1. The zero-order valence-electron chi connectivity index (χ0n) is 10.9. The molecule has 1 aromatic rings. The average molecular weight is 278 g/mol. The molecule has 1 aliphatic heterocycles. The van der Waals surface area contributed by atoms with E-state index in [1.165, 1.54) is 4.90 Å². The summed E-state index contributed by atoms with van der Waals surface area (Å²) in [5, 5.41) is 0.422. The van der Waals surface area contributed by atoms with Crippen molar-refractivity contribution in [3.05, 3.63) is 18.2 Å². The fourth-order valence-electron chi connectivity index (χ4n) is 2.49. The lowest BCUT2D eigenvalue weighted by Crippen LogP contribution is -2.16. The van der Waals surface area contributed by atoms with Gasteiger partial charge in [0.05, 0.1) is 13.2 Å². The molecule has 0 N–H and O–H groups in total. The molecule has 1 fully saturated rings. The van der Waals surface area contributed by atoms with Gasteiger partial charge in [0.2, 0.25) is 0 Å². The lowest BCUT2D eigenvalue weighted by Gasteiger charge is -2.20. The molecular weight excluding hydrogens is 260 g/mol. The molecule has 102 valence electrons. The van der Waals surface area contributed by atoms with E-state index in [0.717, 1.165) is 43.8 Å². The minimum atomic E-state index is 0.401. The maximum atomic E-state index is 11.5. The number of hydrogen-bond donors (Lipinski definition) is 0. The summed E-state index contributed by atoms with van der Waals surface area (Å²) in [5.74, 6) is 2.07. The van der Waals surface area contributed by atoms with Crippen molar-refractivity contribution in [2.75, 3.05) is 13.2 Å². The molecule has 0 saturated heterocycles. The molecule has 0 aromatic heterocycles. The Kier molecular flexibility index (Phi) is 3.97. The van der Waals surface area contributed by atoms with Crippen molar-refractivity contribution in [1.29, 1.82) is 0 Å². The lowest BCUT2D eigenvalue weighted by molar-refractivity contribution is -0.120. The Bertz CT molecular complexity index is 472. The predicted octanol–water partition coefficient (Wildman–Crippen LogP) is 3.45. The van der Waals surface area contributed by atoms with E-state index in [4.69, 9.17) is 9.47 Å². The second-order valence-corrected chi connectivity index (χ2v) is 6.41. The van der Waals surface area contributed by atoms with Gasteiger partial charge in [-0.05, 0) is 31.0 Å². The fourth-order valence-corrected chi connectivity index (χ4v) is 3.76. The molecule has 1 saturated carbocycles. The number of ketones is 1. The van der Waals surface area contributed by atoms with Crippen molar-refractivity contribution in [2.45, 2.75) is 42.2 Å². The zero-order chi connectivity index (χ0) is 13.1. The summed E-state index contributed by atoms with van der Waals surface area (Å²) in [5.41, 5.74) is 0. The third-order valence-electron chi connectivity index (χ3n) is 3.46. The largest absolute Gasteiger partial charge is 0.490 e. The number of thioether (sulfide) groups is 1. The molecule has 19 heavy (non-hydrogen) atoms. The van der Waals surface area contributed by atoms with Crippen LogP contribution in [0, 0.1) is 0 Å². The number of rotatable bonds is 2. The van der Waals surface area contributed by atoms with Crippen LogP contribution in [0.3, 0.4) is 0 Å². The van der Waals surface area contributed by atoms with Crippen LogP contribution in [0.2, 0.25) is 0 Å². The van der Waals surface area contributed by atoms with Crippen molar-refractivity contribution >= 4 is 17.5 Å². The molecule has 3 rings (SSSR count). The molecule has 1 aromatic carbocycles. The third kappa shape index (κ3) is 3.24. The van der Waals surface area contributed by atoms with Crippen LogP contribution in [0.15, 0.2) is 23.1 Å². The Morgan fingerprint density at radius 2 is 1.95 bits per heavy atom. The van der Waals surface area contributed by atoms with Gasteiger partial charge in [0.1, 0.15) is 5.78 Å². The standard InChI is InChI=1S/C15H18O3S/c16-11-3-1-4-12(9-11)19-13-5-6-14-15(10-13)18-8-2-7-17-14/h5-6,10,12H,1-4,7-9H2. The summed E-state index contributed by atoms with van der Waals surface area (Å²) in [6, 6.07) is 6.09. The number of ether oxygens (including phenoxy) is 2. The minimum Gasteiger partial charge on any atom is -0.490 e. The number of fused-ring (bicyclic) bond motifs is 1. The summed E-state index contributed by atoms with van der Waals surface area (Å²) in [7, 11) is 0. The molecule has 1 unspecified atom stereocenters. The van der Waals surface area contributed by atoms with Crippen LogP contribution in [0.25, 0.3) is 0 Å². The molecule has 2 aliphatic rings. The van der Waals surface area contributed by atoms with Crippen molar-refractivity contribution in [3.63, 3.8) is 0 Å². The molecule has 0 radical (unpaired) electrons. The first-order valence-corrected chi connectivity index (χ1v) is 7.77.